The number of piperidine rings is 1. The molecule has 3 heterocycles. The highest BCUT2D eigenvalue weighted by Gasteiger charge is 2.43. The van der Waals surface area contributed by atoms with Crippen LogP contribution in [-0.4, -0.2) is 83.4 Å². The quantitative estimate of drug-likeness (QED) is 0.337. The summed E-state index contributed by atoms with van der Waals surface area (Å²) in [6.07, 6.45) is 8.90. The molecule has 0 amide bonds. The van der Waals surface area contributed by atoms with Crippen LogP contribution in [0.3, 0.4) is 0 Å². The maximum atomic E-state index is 12.6. The number of hydrogen-bond acceptors (Lipinski definition) is 7. The van der Waals surface area contributed by atoms with Gasteiger partial charge in [0, 0.05) is 38.1 Å². The smallest absolute Gasteiger partial charge is 0.321 e. The zero-order valence-electron chi connectivity index (χ0n) is 25.8. The third kappa shape index (κ3) is 7.32. The standard InChI is InChI=1S/C35H51N5O3/c1-2-20-40(35-36-33(43-37-35)28-16-10-5-11-17-28)30-18-21-38(22-19-30)23-29-24-39(25-31(29)26-12-6-3-7-13-26)32(34(41)42)27-14-8-4-9-15-27/h3,5-7,10-13,16-17,27,29-33,35-37H,2,4,8-9,14-15,18-25H2,1H3,(H,41,42)/t29-,31+,32+,33?,35?/m0/s1. The van der Waals surface area contributed by atoms with Gasteiger partial charge in [-0.2, -0.15) is 5.48 Å². The van der Waals surface area contributed by atoms with Crippen LogP contribution < -0.4 is 10.8 Å². The second-order valence-electron chi connectivity index (χ2n) is 13.3. The molecule has 6 rings (SSSR count). The molecule has 4 aliphatic rings. The van der Waals surface area contributed by atoms with Crippen molar-refractivity contribution < 1.29 is 14.7 Å². The van der Waals surface area contributed by atoms with E-state index in [2.05, 4.69) is 87.0 Å². The number of hydroxylamine groups is 1. The summed E-state index contributed by atoms with van der Waals surface area (Å²) in [5, 5.41) is 14.0. The highest BCUT2D eigenvalue weighted by Crippen LogP contribution is 2.38. The maximum Gasteiger partial charge on any atom is 0.321 e. The van der Waals surface area contributed by atoms with E-state index in [1.807, 2.05) is 6.07 Å². The van der Waals surface area contributed by atoms with E-state index in [-0.39, 0.29) is 24.5 Å². The van der Waals surface area contributed by atoms with Crippen molar-refractivity contribution in [3.8, 4) is 0 Å². The lowest BCUT2D eigenvalue weighted by atomic mass is 9.83. The second-order valence-corrected chi connectivity index (χ2v) is 13.3. The summed E-state index contributed by atoms with van der Waals surface area (Å²) in [6, 6.07) is 21.3. The van der Waals surface area contributed by atoms with Gasteiger partial charge >= 0.3 is 5.97 Å². The lowest BCUT2D eigenvalue weighted by molar-refractivity contribution is -0.145. The van der Waals surface area contributed by atoms with Crippen molar-refractivity contribution in [3.63, 3.8) is 0 Å². The lowest BCUT2D eigenvalue weighted by Gasteiger charge is -2.41. The Hall–Kier alpha value is -2.33. The number of likely N-dealkylation sites (tertiary alicyclic amines) is 2. The first-order chi connectivity index (χ1) is 21.1. The Balaban J connectivity index is 1.09. The number of carboxylic acids is 1. The van der Waals surface area contributed by atoms with Crippen LogP contribution in [0.4, 0.5) is 0 Å². The molecule has 234 valence electrons. The van der Waals surface area contributed by atoms with Gasteiger partial charge in [0.1, 0.15) is 12.3 Å². The van der Waals surface area contributed by atoms with E-state index in [0.717, 1.165) is 76.9 Å². The molecule has 1 aliphatic carbocycles. The van der Waals surface area contributed by atoms with Crippen molar-refractivity contribution in [1.82, 2.24) is 25.5 Å². The van der Waals surface area contributed by atoms with Crippen LogP contribution >= 0.6 is 0 Å². The van der Waals surface area contributed by atoms with Crippen LogP contribution in [0.5, 0.6) is 0 Å². The summed E-state index contributed by atoms with van der Waals surface area (Å²) in [4.78, 5) is 26.1. The Kier molecular flexibility index (Phi) is 10.4. The number of hydrogen-bond donors (Lipinski definition) is 3. The molecule has 4 fully saturated rings. The van der Waals surface area contributed by atoms with Gasteiger partial charge in [0.05, 0.1) is 0 Å². The Morgan fingerprint density at radius 1 is 0.953 bits per heavy atom. The minimum atomic E-state index is -0.621. The van der Waals surface area contributed by atoms with Crippen molar-refractivity contribution in [2.45, 2.75) is 88.8 Å². The molecular formula is C35H51N5O3. The summed E-state index contributed by atoms with van der Waals surface area (Å²) in [5.41, 5.74) is 5.78. The van der Waals surface area contributed by atoms with Crippen LogP contribution in [-0.2, 0) is 9.63 Å². The van der Waals surface area contributed by atoms with E-state index in [1.54, 1.807) is 0 Å². The van der Waals surface area contributed by atoms with E-state index in [0.29, 0.717) is 17.9 Å². The van der Waals surface area contributed by atoms with Gasteiger partial charge in [-0.15, -0.1) is 0 Å². The highest BCUT2D eigenvalue weighted by molar-refractivity contribution is 5.74. The third-order valence-corrected chi connectivity index (χ3v) is 10.5. The minimum absolute atomic E-state index is 0.000275. The monoisotopic (exact) mass is 589 g/mol. The number of rotatable bonds is 11. The summed E-state index contributed by atoms with van der Waals surface area (Å²) >= 11 is 0. The zero-order valence-corrected chi connectivity index (χ0v) is 25.8. The Bertz CT molecular complexity index is 1140. The topological polar surface area (TPSA) is 80.3 Å². The van der Waals surface area contributed by atoms with Gasteiger partial charge < -0.3 is 10.0 Å². The minimum Gasteiger partial charge on any atom is -0.480 e. The Morgan fingerprint density at radius 3 is 2.28 bits per heavy atom. The average Bonchev–Trinajstić information content (AvgIpc) is 3.70. The molecule has 2 unspecified atom stereocenters. The number of carbonyl (C=O) groups is 1. The number of benzene rings is 2. The fourth-order valence-electron chi connectivity index (χ4n) is 8.35. The molecule has 43 heavy (non-hydrogen) atoms. The lowest BCUT2D eigenvalue weighted by Crippen LogP contribution is -2.56. The first kappa shape index (κ1) is 30.7. The number of nitrogens with zero attached hydrogens (tertiary/aromatic N) is 3. The number of nitrogens with one attached hydrogen (secondary N) is 2. The van der Waals surface area contributed by atoms with Crippen LogP contribution in [0.2, 0.25) is 0 Å². The first-order valence-electron chi connectivity index (χ1n) is 16.8. The first-order valence-corrected chi connectivity index (χ1v) is 16.8. The summed E-state index contributed by atoms with van der Waals surface area (Å²) in [6.45, 7) is 8.18. The second kappa shape index (κ2) is 14.6. The normalized spacial score (nSPS) is 28.9. The molecule has 8 nitrogen and oxygen atoms in total. The van der Waals surface area contributed by atoms with Crippen LogP contribution in [0, 0.1) is 11.8 Å². The predicted octanol–water partition coefficient (Wildman–Crippen LogP) is 5.02. The molecule has 3 saturated heterocycles. The van der Waals surface area contributed by atoms with E-state index in [4.69, 9.17) is 4.84 Å². The van der Waals surface area contributed by atoms with E-state index >= 15 is 0 Å². The molecule has 0 radical (unpaired) electrons. The SMILES string of the molecule is CCCN(C1CCN(C[C@H]2CN([C@@H](C(=O)O)C3CCCCC3)C[C@@H]2c2ccccc2)CC1)C1NOC(c2ccccc2)N1. The predicted molar refractivity (Wildman–Crippen MR) is 169 cm³/mol. The molecule has 1 saturated carbocycles. The van der Waals surface area contributed by atoms with Gasteiger partial charge in [-0.05, 0) is 68.2 Å². The van der Waals surface area contributed by atoms with Gasteiger partial charge in [0.25, 0.3) is 0 Å². The fourth-order valence-corrected chi connectivity index (χ4v) is 8.35. The van der Waals surface area contributed by atoms with Gasteiger partial charge in [0.15, 0.2) is 6.23 Å². The van der Waals surface area contributed by atoms with Gasteiger partial charge in [0.2, 0.25) is 0 Å². The Labute approximate surface area is 257 Å². The molecule has 3 N–H and O–H groups in total. The molecule has 0 bridgehead atoms. The van der Waals surface area contributed by atoms with Crippen LogP contribution in [0.1, 0.15) is 81.6 Å². The molecule has 8 heteroatoms. The highest BCUT2D eigenvalue weighted by atomic mass is 16.7. The van der Waals surface area contributed by atoms with E-state index in [1.165, 1.54) is 24.8 Å². The van der Waals surface area contributed by atoms with Crippen molar-refractivity contribution >= 4 is 5.97 Å². The van der Waals surface area contributed by atoms with Gasteiger partial charge in [-0.1, -0.05) is 86.8 Å². The maximum absolute atomic E-state index is 12.6. The Morgan fingerprint density at radius 2 is 1.63 bits per heavy atom. The van der Waals surface area contributed by atoms with E-state index < -0.39 is 5.97 Å². The summed E-state index contributed by atoms with van der Waals surface area (Å²) in [7, 11) is 0. The summed E-state index contributed by atoms with van der Waals surface area (Å²) < 4.78 is 0. The van der Waals surface area contributed by atoms with Crippen molar-refractivity contribution in [2.75, 3.05) is 39.3 Å². The molecule has 2 aromatic carbocycles. The third-order valence-electron chi connectivity index (χ3n) is 10.5. The van der Waals surface area contributed by atoms with Crippen LogP contribution in [0.15, 0.2) is 60.7 Å². The molecule has 0 spiro atoms. The summed E-state index contributed by atoms with van der Waals surface area (Å²) in [5.74, 6) is 0.475. The molecular weight excluding hydrogens is 538 g/mol. The molecule has 0 aromatic heterocycles. The zero-order chi connectivity index (χ0) is 29.6. The van der Waals surface area contributed by atoms with Crippen LogP contribution in [0.25, 0.3) is 0 Å². The number of aliphatic carboxylic acids is 1. The van der Waals surface area contributed by atoms with E-state index in [9.17, 15) is 9.90 Å². The molecule has 5 atom stereocenters. The van der Waals surface area contributed by atoms with Gasteiger partial charge in [-0.25, -0.2) is 0 Å². The largest absolute Gasteiger partial charge is 0.480 e. The molecule has 2 aromatic rings. The van der Waals surface area contributed by atoms with Crippen molar-refractivity contribution in [1.29, 1.82) is 0 Å². The number of carboxylic acid groups (broad SMARTS) is 1. The average molecular weight is 590 g/mol. The molecule has 3 aliphatic heterocycles. The van der Waals surface area contributed by atoms with Crippen molar-refractivity contribution in [3.05, 3.63) is 71.8 Å². The van der Waals surface area contributed by atoms with Crippen molar-refractivity contribution in [2.24, 2.45) is 11.8 Å². The fraction of sp³-hybridized carbons (Fsp3) is 0.629. The van der Waals surface area contributed by atoms with Gasteiger partial charge in [-0.3, -0.25) is 24.7 Å².